The van der Waals surface area contributed by atoms with Crippen molar-refractivity contribution in [3.63, 3.8) is 0 Å². The molecule has 0 atom stereocenters. The number of rotatable bonds is 5. The highest BCUT2D eigenvalue weighted by Gasteiger charge is 2.23. The largest absolute Gasteiger partial charge is 0.428 e. The van der Waals surface area contributed by atoms with Crippen molar-refractivity contribution in [1.29, 1.82) is 3.56 Å². The molecule has 106 valence electrons. The van der Waals surface area contributed by atoms with Gasteiger partial charge in [0, 0.05) is 5.41 Å². The topological polar surface area (TPSA) is 42.3 Å². The lowest BCUT2D eigenvalue weighted by molar-refractivity contribution is 0.635. The van der Waals surface area contributed by atoms with Crippen LogP contribution < -0.4 is 6.13 Å². The third-order valence-corrected chi connectivity index (χ3v) is 4.61. The van der Waals surface area contributed by atoms with Crippen LogP contribution in [0, 0.1) is 3.56 Å². The minimum atomic E-state index is -0.925. The zero-order valence-electron chi connectivity index (χ0n) is 11.2. The summed E-state index contributed by atoms with van der Waals surface area (Å²) >= 11 is 0.957. The van der Waals surface area contributed by atoms with Crippen LogP contribution in [0.2, 0.25) is 0 Å². The number of benzene rings is 2. The molecule has 0 aliphatic rings. The summed E-state index contributed by atoms with van der Waals surface area (Å²) in [5.41, 5.74) is 2.37. The van der Waals surface area contributed by atoms with Crippen LogP contribution in [0.1, 0.15) is 25.0 Å². The summed E-state index contributed by atoms with van der Waals surface area (Å²) in [5, 5.41) is 0. The zero-order chi connectivity index (χ0) is 14.6. The smallest absolute Gasteiger partial charge is 0.229 e. The lowest BCUT2D eigenvalue weighted by Crippen LogP contribution is -2.18. The molecule has 20 heavy (non-hydrogen) atoms. The van der Waals surface area contributed by atoms with Gasteiger partial charge >= 0.3 is 0 Å². The SMILES string of the molecule is CC(C)(c1ccc(OI)cc1)c1ccc(OI=N)cc1. The monoisotopic (exact) mass is 495 g/mol. The Morgan fingerprint density at radius 2 is 1.35 bits per heavy atom. The maximum atomic E-state index is 7.16. The minimum Gasteiger partial charge on any atom is -0.428 e. The zero-order valence-corrected chi connectivity index (χ0v) is 15.5. The van der Waals surface area contributed by atoms with E-state index >= 15 is 0 Å². The van der Waals surface area contributed by atoms with E-state index in [1.807, 2.05) is 47.3 Å². The van der Waals surface area contributed by atoms with E-state index < -0.39 is 21.4 Å². The molecule has 1 N–H and O–H groups in total. The van der Waals surface area contributed by atoms with Gasteiger partial charge < -0.3 is 6.13 Å². The van der Waals surface area contributed by atoms with Crippen molar-refractivity contribution in [1.82, 2.24) is 0 Å². The maximum Gasteiger partial charge on any atom is 0.229 e. The van der Waals surface area contributed by atoms with Crippen LogP contribution >= 0.6 is 44.5 Å². The molecule has 0 saturated carbocycles. The fourth-order valence-corrected chi connectivity index (χ4v) is 2.90. The molecular formula is C15H15I2NO2. The predicted molar refractivity (Wildman–Crippen MR) is 97.0 cm³/mol. The second kappa shape index (κ2) is 6.84. The first-order valence-corrected chi connectivity index (χ1v) is 8.89. The molecule has 3 nitrogen and oxygen atoms in total. The van der Waals surface area contributed by atoms with Crippen molar-refractivity contribution >= 4 is 44.5 Å². The van der Waals surface area contributed by atoms with E-state index in [1.54, 1.807) is 0 Å². The van der Waals surface area contributed by atoms with Gasteiger partial charge in [-0.3, -0.25) is 0 Å². The van der Waals surface area contributed by atoms with E-state index in [0.717, 1.165) is 11.5 Å². The second-order valence-electron chi connectivity index (χ2n) is 4.91. The first-order valence-electron chi connectivity index (χ1n) is 6.05. The van der Waals surface area contributed by atoms with Gasteiger partial charge in [-0.05, 0) is 35.4 Å². The minimum absolute atomic E-state index is 0.0850. The van der Waals surface area contributed by atoms with Crippen LogP contribution in [0.5, 0.6) is 11.5 Å². The first kappa shape index (κ1) is 15.7. The number of hydrogen-bond acceptors (Lipinski definition) is 3. The lowest BCUT2D eigenvalue weighted by Gasteiger charge is -2.26. The van der Waals surface area contributed by atoms with Gasteiger partial charge in [-0.25, -0.2) is 3.56 Å². The van der Waals surface area contributed by atoms with Crippen LogP contribution in [0.15, 0.2) is 48.5 Å². The van der Waals surface area contributed by atoms with E-state index in [4.69, 9.17) is 9.69 Å². The molecular weight excluding hydrogens is 480 g/mol. The molecule has 0 aliphatic carbocycles. The van der Waals surface area contributed by atoms with E-state index in [9.17, 15) is 0 Å². The van der Waals surface area contributed by atoms with Crippen molar-refractivity contribution < 1.29 is 6.13 Å². The second-order valence-corrected chi connectivity index (χ2v) is 6.23. The highest BCUT2D eigenvalue weighted by Crippen LogP contribution is 2.33. The van der Waals surface area contributed by atoms with Crippen LogP contribution in [-0.4, -0.2) is 0 Å². The average molecular weight is 495 g/mol. The number of halogens is 2. The van der Waals surface area contributed by atoms with E-state index in [-0.39, 0.29) is 5.41 Å². The average Bonchev–Trinajstić information content (AvgIpc) is 2.48. The summed E-state index contributed by atoms with van der Waals surface area (Å²) in [5.74, 6) is 1.63. The number of hydrogen-bond donors (Lipinski definition) is 1. The third-order valence-electron chi connectivity index (χ3n) is 3.37. The molecule has 0 aliphatic heterocycles. The first-order chi connectivity index (χ1) is 9.57. The molecule has 5 heteroatoms. The molecule has 0 unspecified atom stereocenters. The Labute approximate surface area is 143 Å². The van der Waals surface area contributed by atoms with E-state index in [2.05, 4.69) is 38.1 Å². The van der Waals surface area contributed by atoms with Gasteiger partial charge in [0.25, 0.3) is 0 Å². The van der Waals surface area contributed by atoms with Crippen molar-refractivity contribution in [2.75, 3.05) is 0 Å². The summed E-state index contributed by atoms with van der Waals surface area (Å²) < 4.78 is 17.6. The van der Waals surface area contributed by atoms with Crippen LogP contribution in [0.3, 0.4) is 0 Å². The normalized spacial score (nSPS) is 11.2. The Balaban J connectivity index is 2.29. The highest BCUT2D eigenvalue weighted by molar-refractivity contribution is 14.1. The summed E-state index contributed by atoms with van der Waals surface area (Å²) in [6.07, 6.45) is 0. The molecule has 0 fully saturated rings. The molecule has 2 aromatic rings. The maximum absolute atomic E-state index is 7.16. The molecule has 2 rings (SSSR count). The molecule has 0 aromatic heterocycles. The summed E-state index contributed by atoms with van der Waals surface area (Å²) in [7, 11) is 0. The molecule has 0 bridgehead atoms. The van der Waals surface area contributed by atoms with Gasteiger partial charge in [0.1, 0.15) is 11.5 Å². The van der Waals surface area contributed by atoms with E-state index in [0.29, 0.717) is 0 Å². The standard InChI is InChI=1S/C15H15I2NO2/c1-15(2,11-3-7-13(19-16)8-4-11)12-5-9-14(10-6-12)20-17-18/h3-10,18H,1-2H3. The Morgan fingerprint density at radius 3 is 1.75 bits per heavy atom. The molecule has 0 radical (unpaired) electrons. The molecule has 0 amide bonds. The van der Waals surface area contributed by atoms with Gasteiger partial charge in [0.05, 0.1) is 0 Å². The quantitative estimate of drug-likeness (QED) is 0.536. The molecule has 2 aromatic carbocycles. The summed E-state index contributed by atoms with van der Waals surface area (Å²) in [6.45, 7) is 4.39. The summed E-state index contributed by atoms with van der Waals surface area (Å²) in [4.78, 5) is 0. The van der Waals surface area contributed by atoms with Crippen molar-refractivity contribution in [3.8, 4) is 11.5 Å². The van der Waals surface area contributed by atoms with Gasteiger partial charge in [0.2, 0.25) is 21.4 Å². The van der Waals surface area contributed by atoms with Crippen molar-refractivity contribution in [3.05, 3.63) is 59.7 Å². The molecule has 0 heterocycles. The fraction of sp³-hybridized carbons (Fsp3) is 0.200. The Hall–Kier alpha value is -0.700. The van der Waals surface area contributed by atoms with Crippen LogP contribution in [-0.2, 0) is 5.41 Å². The van der Waals surface area contributed by atoms with Gasteiger partial charge in [0.15, 0.2) is 23.0 Å². The van der Waals surface area contributed by atoms with Crippen molar-refractivity contribution in [2.24, 2.45) is 0 Å². The van der Waals surface area contributed by atoms with Gasteiger partial charge in [-0.2, -0.15) is 0 Å². The fourth-order valence-electron chi connectivity index (χ4n) is 2.06. The Morgan fingerprint density at radius 1 is 0.900 bits per heavy atom. The molecule has 0 saturated heterocycles. The number of nitrogens with one attached hydrogen (secondary N) is 1. The highest BCUT2D eigenvalue weighted by atomic mass is 127. The van der Waals surface area contributed by atoms with Gasteiger partial charge in [-0.15, -0.1) is 0 Å². The van der Waals surface area contributed by atoms with Crippen LogP contribution in [0.4, 0.5) is 0 Å². The molecule has 0 spiro atoms. The van der Waals surface area contributed by atoms with Crippen LogP contribution in [0.25, 0.3) is 0 Å². The Bertz CT molecular complexity index is 580. The van der Waals surface area contributed by atoms with Crippen molar-refractivity contribution in [2.45, 2.75) is 19.3 Å². The summed E-state index contributed by atoms with van der Waals surface area (Å²) in [6, 6.07) is 16.1. The lowest BCUT2D eigenvalue weighted by atomic mass is 9.78. The van der Waals surface area contributed by atoms with Gasteiger partial charge in [-0.1, -0.05) is 38.1 Å². The van der Waals surface area contributed by atoms with E-state index in [1.165, 1.54) is 11.1 Å². The predicted octanol–water partition coefficient (Wildman–Crippen LogP) is 5.77. The Kier molecular flexibility index (Phi) is 5.36. The third kappa shape index (κ3) is 3.49.